The van der Waals surface area contributed by atoms with Gasteiger partial charge in [-0.15, -0.1) is 5.10 Å². The molecule has 0 aliphatic heterocycles. The number of anilines is 1. The maximum atomic E-state index is 13.9. The van der Waals surface area contributed by atoms with E-state index in [0.717, 1.165) is 28.4 Å². The molecule has 0 saturated carbocycles. The number of halogens is 2. The van der Waals surface area contributed by atoms with Crippen LogP contribution in [0.2, 0.25) is 0 Å². The number of benzene rings is 2. The molecule has 3 aromatic rings. The van der Waals surface area contributed by atoms with Crippen molar-refractivity contribution < 1.29 is 8.78 Å². The summed E-state index contributed by atoms with van der Waals surface area (Å²) in [5.74, 6) is -0.910. The van der Waals surface area contributed by atoms with E-state index in [-0.39, 0.29) is 11.5 Å². The lowest BCUT2D eigenvalue weighted by molar-refractivity contribution is 0.584. The van der Waals surface area contributed by atoms with Gasteiger partial charge in [-0.2, -0.15) is 4.68 Å². The first-order chi connectivity index (χ1) is 10.1. The van der Waals surface area contributed by atoms with Crippen LogP contribution in [0.1, 0.15) is 5.56 Å². The van der Waals surface area contributed by atoms with E-state index in [4.69, 9.17) is 5.73 Å². The van der Waals surface area contributed by atoms with Gasteiger partial charge in [0, 0.05) is 17.3 Å². The molecule has 0 amide bonds. The molecule has 0 fully saturated rings. The second-order valence-corrected chi connectivity index (χ2v) is 4.58. The summed E-state index contributed by atoms with van der Waals surface area (Å²) in [6.07, 6.45) is 0. The molecule has 0 saturated heterocycles. The lowest BCUT2D eigenvalue weighted by atomic mass is 10.1. The fourth-order valence-electron chi connectivity index (χ4n) is 1.96. The predicted molar refractivity (Wildman–Crippen MR) is 73.7 cm³/mol. The third-order valence-corrected chi connectivity index (χ3v) is 3.14. The number of nitrogens with zero attached hydrogens (tertiary/aromatic N) is 4. The van der Waals surface area contributed by atoms with Crippen molar-refractivity contribution in [2.45, 2.75) is 6.92 Å². The van der Waals surface area contributed by atoms with Crippen LogP contribution in [-0.4, -0.2) is 20.2 Å². The fraction of sp³-hybridized carbons (Fsp3) is 0.0714. The smallest absolute Gasteiger partial charge is 0.187 e. The number of aryl methyl sites for hydroxylation is 1. The molecule has 1 heterocycles. The molecule has 0 spiro atoms. The number of nitrogen functional groups attached to an aromatic ring is 1. The molecule has 0 radical (unpaired) electrons. The molecule has 3 rings (SSSR count). The molecular weight excluding hydrogens is 276 g/mol. The summed E-state index contributed by atoms with van der Waals surface area (Å²) in [7, 11) is 0. The molecule has 21 heavy (non-hydrogen) atoms. The van der Waals surface area contributed by atoms with Crippen molar-refractivity contribution in [2.75, 3.05) is 5.73 Å². The summed E-state index contributed by atoms with van der Waals surface area (Å²) < 4.78 is 28.3. The maximum Gasteiger partial charge on any atom is 0.187 e. The normalized spacial score (nSPS) is 10.8. The van der Waals surface area contributed by atoms with E-state index in [1.54, 1.807) is 12.1 Å². The van der Waals surface area contributed by atoms with Gasteiger partial charge in [-0.3, -0.25) is 0 Å². The van der Waals surface area contributed by atoms with Crippen molar-refractivity contribution in [3.05, 3.63) is 53.6 Å². The molecule has 2 aromatic carbocycles. The highest BCUT2D eigenvalue weighted by Crippen LogP contribution is 2.24. The van der Waals surface area contributed by atoms with E-state index >= 15 is 0 Å². The molecule has 0 aliphatic carbocycles. The first-order valence-corrected chi connectivity index (χ1v) is 6.16. The van der Waals surface area contributed by atoms with Gasteiger partial charge in [0.15, 0.2) is 5.82 Å². The minimum Gasteiger partial charge on any atom is -0.398 e. The third-order valence-electron chi connectivity index (χ3n) is 3.14. The van der Waals surface area contributed by atoms with Crippen molar-refractivity contribution in [2.24, 2.45) is 0 Å². The van der Waals surface area contributed by atoms with Gasteiger partial charge < -0.3 is 5.73 Å². The molecule has 0 atom stereocenters. The molecule has 0 aliphatic rings. The Labute approximate surface area is 119 Å². The Morgan fingerprint density at radius 2 is 1.90 bits per heavy atom. The second kappa shape index (κ2) is 4.93. The maximum absolute atomic E-state index is 13.9. The van der Waals surface area contributed by atoms with Crippen molar-refractivity contribution in [1.82, 2.24) is 20.2 Å². The minimum absolute atomic E-state index is 0.0610. The number of nitrogens with two attached hydrogens (primary N) is 1. The second-order valence-electron chi connectivity index (χ2n) is 4.58. The fourth-order valence-corrected chi connectivity index (χ4v) is 1.96. The van der Waals surface area contributed by atoms with Crippen LogP contribution in [0.3, 0.4) is 0 Å². The van der Waals surface area contributed by atoms with Crippen molar-refractivity contribution in [3.8, 4) is 17.1 Å². The Bertz CT molecular complexity index is 813. The van der Waals surface area contributed by atoms with Crippen molar-refractivity contribution >= 4 is 5.69 Å². The monoisotopic (exact) mass is 287 g/mol. The Kier molecular flexibility index (Phi) is 3.09. The number of aromatic nitrogens is 4. The van der Waals surface area contributed by atoms with Gasteiger partial charge in [0.25, 0.3) is 0 Å². The number of tetrazole rings is 1. The van der Waals surface area contributed by atoms with Crippen LogP contribution >= 0.6 is 0 Å². The zero-order valence-electron chi connectivity index (χ0n) is 11.1. The quantitative estimate of drug-likeness (QED) is 0.735. The number of hydrogen-bond donors (Lipinski definition) is 1. The Morgan fingerprint density at radius 3 is 2.67 bits per heavy atom. The van der Waals surface area contributed by atoms with Crippen LogP contribution in [0, 0.1) is 18.6 Å². The van der Waals surface area contributed by atoms with Crippen LogP contribution in [0.25, 0.3) is 17.1 Å². The zero-order valence-corrected chi connectivity index (χ0v) is 11.1. The molecule has 5 nitrogen and oxygen atoms in total. The SMILES string of the molecule is Cc1ccc(-c2nnnn2-c2cc(F)ccc2F)cc1N. The predicted octanol–water partition coefficient (Wildman–Crippen LogP) is 2.50. The highest BCUT2D eigenvalue weighted by atomic mass is 19.1. The Hall–Kier alpha value is -2.83. The summed E-state index contributed by atoms with van der Waals surface area (Å²) >= 11 is 0. The van der Waals surface area contributed by atoms with E-state index < -0.39 is 11.6 Å². The molecule has 106 valence electrons. The first-order valence-electron chi connectivity index (χ1n) is 6.16. The van der Waals surface area contributed by atoms with Crippen molar-refractivity contribution in [1.29, 1.82) is 0 Å². The molecular formula is C14H11F2N5. The van der Waals surface area contributed by atoms with Crippen LogP contribution in [-0.2, 0) is 0 Å². The summed E-state index contributed by atoms with van der Waals surface area (Å²) in [6.45, 7) is 1.87. The topological polar surface area (TPSA) is 69.6 Å². The molecule has 7 heteroatoms. The van der Waals surface area contributed by atoms with Gasteiger partial charge >= 0.3 is 0 Å². The molecule has 2 N–H and O–H groups in total. The molecule has 0 bridgehead atoms. The van der Waals surface area contributed by atoms with E-state index in [1.165, 1.54) is 0 Å². The summed E-state index contributed by atoms with van der Waals surface area (Å²) in [6, 6.07) is 8.37. The summed E-state index contributed by atoms with van der Waals surface area (Å²) in [4.78, 5) is 0. The summed E-state index contributed by atoms with van der Waals surface area (Å²) in [5.41, 5.74) is 7.90. The lowest BCUT2D eigenvalue weighted by Crippen LogP contribution is -2.03. The highest BCUT2D eigenvalue weighted by Gasteiger charge is 2.15. The Morgan fingerprint density at radius 1 is 1.10 bits per heavy atom. The average molecular weight is 287 g/mol. The molecule has 1 aromatic heterocycles. The van der Waals surface area contributed by atoms with E-state index in [2.05, 4.69) is 15.5 Å². The average Bonchev–Trinajstić information content (AvgIpc) is 2.93. The van der Waals surface area contributed by atoms with E-state index in [1.807, 2.05) is 13.0 Å². The standard InChI is InChI=1S/C14H11F2N5/c1-8-2-3-9(6-12(8)17)14-18-19-20-21(14)13-7-10(15)4-5-11(13)16/h2-7H,17H2,1H3. The van der Waals surface area contributed by atoms with Gasteiger partial charge in [-0.05, 0) is 41.1 Å². The van der Waals surface area contributed by atoms with Gasteiger partial charge in [-0.1, -0.05) is 12.1 Å². The lowest BCUT2D eigenvalue weighted by Gasteiger charge is -2.07. The van der Waals surface area contributed by atoms with Crippen LogP contribution in [0.4, 0.5) is 14.5 Å². The first kappa shape index (κ1) is 13.2. The van der Waals surface area contributed by atoms with Crippen molar-refractivity contribution in [3.63, 3.8) is 0 Å². The van der Waals surface area contributed by atoms with E-state index in [9.17, 15) is 8.78 Å². The number of rotatable bonds is 2. The Balaban J connectivity index is 2.17. The largest absolute Gasteiger partial charge is 0.398 e. The van der Waals surface area contributed by atoms with Gasteiger partial charge in [0.2, 0.25) is 0 Å². The molecule has 0 unspecified atom stereocenters. The van der Waals surface area contributed by atoms with Crippen LogP contribution < -0.4 is 5.73 Å². The van der Waals surface area contributed by atoms with Gasteiger partial charge in [-0.25, -0.2) is 8.78 Å². The van der Waals surface area contributed by atoms with Gasteiger partial charge in [0.05, 0.1) is 0 Å². The zero-order chi connectivity index (χ0) is 15.0. The highest BCUT2D eigenvalue weighted by molar-refractivity contribution is 5.64. The van der Waals surface area contributed by atoms with Gasteiger partial charge in [0.1, 0.15) is 17.3 Å². The summed E-state index contributed by atoms with van der Waals surface area (Å²) in [5, 5.41) is 11.1. The van der Waals surface area contributed by atoms with E-state index in [0.29, 0.717) is 11.3 Å². The third kappa shape index (κ3) is 2.33. The minimum atomic E-state index is -0.620. The van der Waals surface area contributed by atoms with Crippen LogP contribution in [0.15, 0.2) is 36.4 Å². The van der Waals surface area contributed by atoms with Crippen LogP contribution in [0.5, 0.6) is 0 Å². The number of hydrogen-bond acceptors (Lipinski definition) is 4.